The van der Waals surface area contributed by atoms with Crippen LogP contribution in [0.25, 0.3) is 0 Å². The van der Waals surface area contributed by atoms with Gasteiger partial charge < -0.3 is 33.8 Å². The predicted octanol–water partition coefficient (Wildman–Crippen LogP) is 15.8. The zero-order valence-corrected chi connectivity index (χ0v) is 51.6. The summed E-state index contributed by atoms with van der Waals surface area (Å²) in [5.74, 6) is -1.35. The first-order valence-electron chi connectivity index (χ1n) is 31.1. The summed E-state index contributed by atoms with van der Waals surface area (Å²) in [6.07, 6.45) is 35.7. The van der Waals surface area contributed by atoms with Gasteiger partial charge >= 0.3 is 39.5 Å². The number of phosphoric ester groups is 2. The van der Waals surface area contributed by atoms with Crippen LogP contribution in [0.2, 0.25) is 0 Å². The maximum absolute atomic E-state index is 12.9. The summed E-state index contributed by atoms with van der Waals surface area (Å²) in [5, 5.41) is 10.4. The number of ether oxygens (including phenoxy) is 4. The van der Waals surface area contributed by atoms with E-state index in [0.29, 0.717) is 25.7 Å². The van der Waals surface area contributed by atoms with Crippen LogP contribution in [-0.2, 0) is 65.4 Å². The van der Waals surface area contributed by atoms with Gasteiger partial charge in [0, 0.05) is 25.7 Å². The maximum Gasteiger partial charge on any atom is 0.472 e. The van der Waals surface area contributed by atoms with Gasteiger partial charge in [-0.25, -0.2) is 9.13 Å². The van der Waals surface area contributed by atoms with Crippen LogP contribution in [0.1, 0.15) is 291 Å². The van der Waals surface area contributed by atoms with E-state index >= 15 is 0 Å². The Morgan fingerprint density at radius 1 is 0.346 bits per heavy atom. The molecule has 0 aliphatic carbocycles. The number of hydrogen-bond acceptors (Lipinski definition) is 15. The van der Waals surface area contributed by atoms with Crippen molar-refractivity contribution in [3.05, 3.63) is 0 Å². The molecule has 0 aliphatic rings. The van der Waals surface area contributed by atoms with E-state index in [1.54, 1.807) is 0 Å². The number of rotatable bonds is 59. The van der Waals surface area contributed by atoms with E-state index in [-0.39, 0.29) is 25.7 Å². The lowest BCUT2D eigenvalue weighted by atomic mass is 10.0. The summed E-state index contributed by atoms with van der Waals surface area (Å²) in [5.41, 5.74) is 0. The van der Waals surface area contributed by atoms with Crippen molar-refractivity contribution >= 4 is 39.5 Å². The molecule has 0 heterocycles. The van der Waals surface area contributed by atoms with Crippen molar-refractivity contribution in [3.63, 3.8) is 0 Å². The number of phosphoric acid groups is 2. The van der Waals surface area contributed by atoms with Gasteiger partial charge in [-0.3, -0.25) is 37.3 Å². The summed E-state index contributed by atoms with van der Waals surface area (Å²) in [6, 6.07) is 0. The molecule has 0 bridgehead atoms. The van der Waals surface area contributed by atoms with Crippen LogP contribution in [0.3, 0.4) is 0 Å². The second kappa shape index (κ2) is 53.1. The molecule has 0 saturated heterocycles. The molecule has 0 fully saturated rings. The van der Waals surface area contributed by atoms with Gasteiger partial charge in [0.2, 0.25) is 0 Å². The first-order valence-corrected chi connectivity index (χ1v) is 34.1. The lowest BCUT2D eigenvalue weighted by Crippen LogP contribution is -2.30. The normalized spacial score (nSPS) is 14.4. The van der Waals surface area contributed by atoms with Crippen LogP contribution in [-0.4, -0.2) is 96.7 Å². The molecule has 5 atom stereocenters. The van der Waals surface area contributed by atoms with Gasteiger partial charge in [0.05, 0.1) is 26.4 Å². The average molecular weight is 1160 g/mol. The van der Waals surface area contributed by atoms with Crippen molar-refractivity contribution in [2.45, 2.75) is 310 Å². The molecule has 0 radical (unpaired) electrons. The Balaban J connectivity index is 5.04. The van der Waals surface area contributed by atoms with Gasteiger partial charge in [-0.2, -0.15) is 0 Å². The minimum atomic E-state index is -4.93. The molecule has 0 aromatic heterocycles. The fraction of sp³-hybridized carbons (Fsp3) is 0.932. The van der Waals surface area contributed by atoms with E-state index in [4.69, 9.17) is 37.0 Å². The Morgan fingerprint density at radius 3 is 0.872 bits per heavy atom. The molecule has 0 aromatic rings. The number of hydrogen-bond donors (Lipinski definition) is 3. The highest BCUT2D eigenvalue weighted by Crippen LogP contribution is 2.45. The van der Waals surface area contributed by atoms with E-state index in [2.05, 4.69) is 34.6 Å². The van der Waals surface area contributed by atoms with Crippen molar-refractivity contribution in [1.82, 2.24) is 0 Å². The van der Waals surface area contributed by atoms with Crippen molar-refractivity contribution in [1.29, 1.82) is 0 Å². The largest absolute Gasteiger partial charge is 0.472 e. The van der Waals surface area contributed by atoms with Crippen LogP contribution in [0.5, 0.6) is 0 Å². The maximum atomic E-state index is 12.9. The number of unbranched alkanes of at least 4 members (excludes halogenated alkanes) is 31. The third-order valence-corrected chi connectivity index (χ3v) is 15.4. The van der Waals surface area contributed by atoms with Gasteiger partial charge in [0.15, 0.2) is 12.2 Å². The van der Waals surface area contributed by atoms with Crippen LogP contribution < -0.4 is 0 Å². The lowest BCUT2D eigenvalue weighted by Gasteiger charge is -2.21. The summed E-state index contributed by atoms with van der Waals surface area (Å²) in [4.78, 5) is 71.4. The van der Waals surface area contributed by atoms with Crippen LogP contribution in [0.4, 0.5) is 0 Å². The lowest BCUT2D eigenvalue weighted by molar-refractivity contribution is -0.161. The highest BCUT2D eigenvalue weighted by molar-refractivity contribution is 7.47. The summed E-state index contributed by atoms with van der Waals surface area (Å²) >= 11 is 0. The van der Waals surface area contributed by atoms with Gasteiger partial charge in [-0.1, -0.05) is 240 Å². The van der Waals surface area contributed by atoms with E-state index < -0.39 is 97.5 Å². The second-order valence-corrected chi connectivity index (χ2v) is 24.8. The molecule has 0 rings (SSSR count). The molecule has 0 aromatic carbocycles. The Morgan fingerprint density at radius 2 is 0.590 bits per heavy atom. The Labute approximate surface area is 473 Å². The van der Waals surface area contributed by atoms with E-state index in [0.717, 1.165) is 102 Å². The van der Waals surface area contributed by atoms with Crippen molar-refractivity contribution in [2.24, 2.45) is 5.92 Å². The summed E-state index contributed by atoms with van der Waals surface area (Å²) in [6.45, 7) is 6.99. The third kappa shape index (κ3) is 53.4. The van der Waals surface area contributed by atoms with Crippen molar-refractivity contribution in [3.8, 4) is 0 Å². The standard InChI is InChI=1S/C59H114O17P2/c1-6-9-12-15-16-25-29-34-38-43-57(62)70-49-55(76-59(64)45-40-35-30-27-24-22-20-18-17-19-21-23-26-28-33-36-41-52(4)5)51-74-78(67,68)72-47-53(60)46-71-77(65,66)73-50-54(75-58(63)44-39-32-14-11-8-3)48-69-56(61)42-37-31-13-10-7-2/h52-55,60H,6-51H2,1-5H3,(H,65,66)(H,67,68)/t53-,54+,55+/m0/s1. The Bertz CT molecular complexity index is 1530. The molecule has 2 unspecified atom stereocenters. The second-order valence-electron chi connectivity index (χ2n) is 21.9. The number of esters is 4. The Kier molecular flexibility index (Phi) is 51.8. The number of aliphatic hydroxyl groups excluding tert-OH is 1. The molecule has 78 heavy (non-hydrogen) atoms. The highest BCUT2D eigenvalue weighted by Gasteiger charge is 2.30. The minimum absolute atomic E-state index is 0.0988. The molecule has 0 spiro atoms. The van der Waals surface area contributed by atoms with Gasteiger partial charge in [-0.05, 0) is 31.6 Å². The SMILES string of the molecule is CCCCCCCCCCCC(=O)OC[C@H](COP(=O)(O)OC[C@@H](O)COP(=O)(O)OC[C@@H](COC(=O)CCCCCCC)OC(=O)CCCCCCC)OC(=O)CCCCCCCCCCCCCCCCCCC(C)C. The first-order chi connectivity index (χ1) is 37.5. The van der Waals surface area contributed by atoms with Gasteiger partial charge in [0.25, 0.3) is 0 Å². The highest BCUT2D eigenvalue weighted by atomic mass is 31.2. The average Bonchev–Trinajstić information content (AvgIpc) is 3.40. The Hall–Kier alpha value is -1.94. The molecule has 17 nitrogen and oxygen atoms in total. The predicted molar refractivity (Wildman–Crippen MR) is 308 cm³/mol. The van der Waals surface area contributed by atoms with E-state index in [1.165, 1.54) is 109 Å². The molecule has 19 heteroatoms. The van der Waals surface area contributed by atoms with Crippen LogP contribution >= 0.6 is 15.6 Å². The summed E-state index contributed by atoms with van der Waals surface area (Å²) < 4.78 is 67.3. The van der Waals surface area contributed by atoms with E-state index in [1.807, 2.05) is 0 Å². The van der Waals surface area contributed by atoms with Crippen LogP contribution in [0, 0.1) is 5.92 Å². The smallest absolute Gasteiger partial charge is 0.462 e. The zero-order chi connectivity index (χ0) is 57.8. The van der Waals surface area contributed by atoms with Crippen molar-refractivity contribution in [2.75, 3.05) is 39.6 Å². The number of aliphatic hydroxyl groups is 1. The number of carbonyl (C=O) groups excluding carboxylic acids is 4. The molecular weight excluding hydrogens is 1040 g/mol. The fourth-order valence-electron chi connectivity index (χ4n) is 8.70. The van der Waals surface area contributed by atoms with Crippen molar-refractivity contribution < 1.29 is 80.2 Å². The minimum Gasteiger partial charge on any atom is -0.462 e. The quantitative estimate of drug-likeness (QED) is 0.0222. The molecule has 0 aliphatic heterocycles. The van der Waals surface area contributed by atoms with E-state index in [9.17, 15) is 43.2 Å². The first kappa shape index (κ1) is 76.1. The molecule has 0 saturated carbocycles. The van der Waals surface area contributed by atoms with Gasteiger partial charge in [-0.15, -0.1) is 0 Å². The monoisotopic (exact) mass is 1160 g/mol. The van der Waals surface area contributed by atoms with Gasteiger partial charge in [0.1, 0.15) is 19.3 Å². The van der Waals surface area contributed by atoms with Crippen LogP contribution in [0.15, 0.2) is 0 Å². The molecule has 0 amide bonds. The summed E-state index contributed by atoms with van der Waals surface area (Å²) in [7, 11) is -9.85. The topological polar surface area (TPSA) is 237 Å². The molecular formula is C59H114O17P2. The third-order valence-electron chi connectivity index (χ3n) is 13.5. The number of carbonyl (C=O) groups is 4. The zero-order valence-electron chi connectivity index (χ0n) is 49.8. The molecule has 462 valence electrons. The molecule has 3 N–H and O–H groups in total. The fourth-order valence-corrected chi connectivity index (χ4v) is 10.3.